The summed E-state index contributed by atoms with van der Waals surface area (Å²) in [6, 6.07) is 17.9. The minimum absolute atomic E-state index is 0.0712. The van der Waals surface area contributed by atoms with Crippen LogP contribution in [-0.4, -0.2) is 37.9 Å². The SMILES string of the molecule is COc1ccccc1OCNC(=O)N1CCC(Cc2ccccc2)CC1. The molecule has 0 spiro atoms. The fraction of sp³-hybridized carbons (Fsp3) is 0.381. The van der Waals surface area contributed by atoms with Gasteiger partial charge in [0, 0.05) is 13.1 Å². The van der Waals surface area contributed by atoms with Gasteiger partial charge in [0.25, 0.3) is 0 Å². The predicted octanol–water partition coefficient (Wildman–Crippen LogP) is 3.70. The third-order valence-corrected chi connectivity index (χ3v) is 4.79. The van der Waals surface area contributed by atoms with Gasteiger partial charge in [0.1, 0.15) is 0 Å². The monoisotopic (exact) mass is 354 g/mol. The molecular weight excluding hydrogens is 328 g/mol. The van der Waals surface area contributed by atoms with Gasteiger partial charge >= 0.3 is 6.03 Å². The van der Waals surface area contributed by atoms with E-state index in [1.165, 1.54) is 5.56 Å². The summed E-state index contributed by atoms with van der Waals surface area (Å²) in [7, 11) is 1.60. The summed E-state index contributed by atoms with van der Waals surface area (Å²) in [6.45, 7) is 1.71. The molecule has 5 heteroatoms. The molecule has 0 radical (unpaired) electrons. The number of nitrogens with one attached hydrogen (secondary N) is 1. The number of urea groups is 1. The molecule has 2 amide bonds. The molecule has 5 nitrogen and oxygen atoms in total. The molecule has 1 heterocycles. The van der Waals surface area contributed by atoms with Gasteiger partial charge in [0.2, 0.25) is 0 Å². The van der Waals surface area contributed by atoms with Crippen LogP contribution in [0.4, 0.5) is 4.79 Å². The first-order valence-electron chi connectivity index (χ1n) is 9.09. The zero-order valence-electron chi connectivity index (χ0n) is 15.2. The van der Waals surface area contributed by atoms with Crippen molar-refractivity contribution in [2.45, 2.75) is 19.3 Å². The van der Waals surface area contributed by atoms with Crippen LogP contribution >= 0.6 is 0 Å². The van der Waals surface area contributed by atoms with E-state index in [4.69, 9.17) is 9.47 Å². The van der Waals surface area contributed by atoms with Gasteiger partial charge in [-0.05, 0) is 42.9 Å². The van der Waals surface area contributed by atoms with Crippen LogP contribution < -0.4 is 14.8 Å². The van der Waals surface area contributed by atoms with Gasteiger partial charge in [-0.1, -0.05) is 42.5 Å². The van der Waals surface area contributed by atoms with Crippen molar-refractivity contribution in [3.8, 4) is 11.5 Å². The van der Waals surface area contributed by atoms with Crippen molar-refractivity contribution in [1.82, 2.24) is 10.2 Å². The van der Waals surface area contributed by atoms with Crippen molar-refractivity contribution in [1.29, 1.82) is 0 Å². The van der Waals surface area contributed by atoms with Crippen molar-refractivity contribution in [2.75, 3.05) is 26.9 Å². The number of rotatable bonds is 6. The van der Waals surface area contributed by atoms with E-state index < -0.39 is 0 Å². The molecule has 0 unspecified atom stereocenters. The molecule has 1 fully saturated rings. The lowest BCUT2D eigenvalue weighted by Crippen LogP contribution is -2.45. The molecule has 26 heavy (non-hydrogen) atoms. The lowest BCUT2D eigenvalue weighted by molar-refractivity contribution is 0.160. The van der Waals surface area contributed by atoms with E-state index in [-0.39, 0.29) is 12.8 Å². The van der Waals surface area contributed by atoms with Gasteiger partial charge in [0.15, 0.2) is 18.2 Å². The highest BCUT2D eigenvalue weighted by atomic mass is 16.5. The number of para-hydroxylation sites is 2. The zero-order valence-corrected chi connectivity index (χ0v) is 15.2. The highest BCUT2D eigenvalue weighted by Crippen LogP contribution is 2.25. The largest absolute Gasteiger partial charge is 0.493 e. The van der Waals surface area contributed by atoms with Crippen LogP contribution in [0.1, 0.15) is 18.4 Å². The molecule has 1 N–H and O–H groups in total. The third kappa shape index (κ3) is 4.91. The predicted molar refractivity (Wildman–Crippen MR) is 101 cm³/mol. The molecule has 2 aromatic rings. The van der Waals surface area contributed by atoms with Crippen LogP contribution in [0.25, 0.3) is 0 Å². The van der Waals surface area contributed by atoms with Crippen molar-refractivity contribution < 1.29 is 14.3 Å². The average molecular weight is 354 g/mol. The maximum Gasteiger partial charge on any atom is 0.320 e. The second-order valence-corrected chi connectivity index (χ2v) is 6.54. The van der Waals surface area contributed by atoms with Gasteiger partial charge in [-0.3, -0.25) is 0 Å². The Morgan fingerprint density at radius 3 is 2.38 bits per heavy atom. The fourth-order valence-electron chi connectivity index (χ4n) is 3.31. The van der Waals surface area contributed by atoms with Crippen LogP contribution in [0.5, 0.6) is 11.5 Å². The molecule has 0 saturated carbocycles. The fourth-order valence-corrected chi connectivity index (χ4v) is 3.31. The topological polar surface area (TPSA) is 50.8 Å². The Hall–Kier alpha value is -2.69. The summed E-state index contributed by atoms with van der Waals surface area (Å²) in [6.07, 6.45) is 3.17. The molecule has 0 aliphatic carbocycles. The third-order valence-electron chi connectivity index (χ3n) is 4.79. The molecule has 2 aromatic carbocycles. The Bertz CT molecular complexity index is 697. The number of carbonyl (C=O) groups is 1. The molecule has 0 aromatic heterocycles. The second-order valence-electron chi connectivity index (χ2n) is 6.54. The highest BCUT2D eigenvalue weighted by Gasteiger charge is 2.22. The Morgan fingerprint density at radius 2 is 1.69 bits per heavy atom. The molecule has 1 aliphatic heterocycles. The number of piperidine rings is 1. The van der Waals surface area contributed by atoms with Crippen molar-refractivity contribution in [3.63, 3.8) is 0 Å². The van der Waals surface area contributed by atoms with Gasteiger partial charge in [-0.2, -0.15) is 0 Å². The van der Waals surface area contributed by atoms with Crippen molar-refractivity contribution >= 4 is 6.03 Å². The normalized spacial score (nSPS) is 14.7. The second kappa shape index (κ2) is 9.13. The molecule has 0 atom stereocenters. The molecule has 138 valence electrons. The number of nitrogens with zero attached hydrogens (tertiary/aromatic N) is 1. The number of methoxy groups -OCH3 is 1. The van der Waals surface area contributed by atoms with Gasteiger partial charge in [-0.15, -0.1) is 0 Å². The lowest BCUT2D eigenvalue weighted by atomic mass is 9.90. The number of ether oxygens (including phenoxy) is 2. The average Bonchev–Trinajstić information content (AvgIpc) is 2.69. The smallest absolute Gasteiger partial charge is 0.320 e. The van der Waals surface area contributed by atoms with Gasteiger partial charge in [-0.25, -0.2) is 4.79 Å². The Morgan fingerprint density at radius 1 is 1.04 bits per heavy atom. The summed E-state index contributed by atoms with van der Waals surface area (Å²) in [5.74, 6) is 1.92. The number of benzene rings is 2. The quantitative estimate of drug-likeness (QED) is 0.805. The maximum atomic E-state index is 12.3. The first-order chi connectivity index (χ1) is 12.8. The zero-order chi connectivity index (χ0) is 18.2. The Labute approximate surface area is 154 Å². The van der Waals surface area contributed by atoms with Crippen LogP contribution in [-0.2, 0) is 6.42 Å². The molecular formula is C21H26N2O3. The van der Waals surface area contributed by atoms with E-state index in [1.807, 2.05) is 35.2 Å². The van der Waals surface area contributed by atoms with Gasteiger partial charge in [0.05, 0.1) is 7.11 Å². The van der Waals surface area contributed by atoms with Crippen LogP contribution in [0.3, 0.4) is 0 Å². The van der Waals surface area contributed by atoms with E-state index in [9.17, 15) is 4.79 Å². The maximum absolute atomic E-state index is 12.3. The molecule has 0 bridgehead atoms. The van der Waals surface area contributed by atoms with E-state index >= 15 is 0 Å². The standard InChI is InChI=1S/C21H26N2O3/c1-25-19-9-5-6-10-20(19)26-16-22-21(24)23-13-11-18(12-14-23)15-17-7-3-2-4-8-17/h2-10,18H,11-16H2,1H3,(H,22,24). The molecule has 3 rings (SSSR count). The molecule has 1 saturated heterocycles. The number of carbonyl (C=O) groups excluding carboxylic acids is 1. The number of amides is 2. The summed E-state index contributed by atoms with van der Waals surface area (Å²) in [4.78, 5) is 14.2. The number of hydrogen-bond acceptors (Lipinski definition) is 3. The van der Waals surface area contributed by atoms with E-state index in [0.717, 1.165) is 32.4 Å². The first-order valence-corrected chi connectivity index (χ1v) is 9.09. The summed E-state index contributed by atoms with van der Waals surface area (Å²) >= 11 is 0. The van der Waals surface area contributed by atoms with E-state index in [2.05, 4.69) is 29.6 Å². The molecule has 1 aliphatic rings. The summed E-state index contributed by atoms with van der Waals surface area (Å²) in [5, 5.41) is 2.83. The number of hydrogen-bond donors (Lipinski definition) is 1. The van der Waals surface area contributed by atoms with Crippen molar-refractivity contribution in [3.05, 3.63) is 60.2 Å². The lowest BCUT2D eigenvalue weighted by Gasteiger charge is -2.32. The summed E-state index contributed by atoms with van der Waals surface area (Å²) in [5.41, 5.74) is 1.38. The van der Waals surface area contributed by atoms with Crippen LogP contribution in [0.15, 0.2) is 54.6 Å². The van der Waals surface area contributed by atoms with Gasteiger partial charge < -0.3 is 19.7 Å². The van der Waals surface area contributed by atoms with E-state index in [0.29, 0.717) is 17.4 Å². The van der Waals surface area contributed by atoms with Crippen LogP contribution in [0.2, 0.25) is 0 Å². The minimum atomic E-state index is -0.0712. The minimum Gasteiger partial charge on any atom is -0.493 e. The number of likely N-dealkylation sites (tertiary alicyclic amines) is 1. The Balaban J connectivity index is 1.39. The van der Waals surface area contributed by atoms with E-state index in [1.54, 1.807) is 7.11 Å². The summed E-state index contributed by atoms with van der Waals surface area (Å²) < 4.78 is 10.8. The van der Waals surface area contributed by atoms with Crippen LogP contribution in [0, 0.1) is 5.92 Å². The first kappa shape index (κ1) is 18.1. The Kier molecular flexibility index (Phi) is 6.36. The van der Waals surface area contributed by atoms with Crippen molar-refractivity contribution in [2.24, 2.45) is 5.92 Å². The highest BCUT2D eigenvalue weighted by molar-refractivity contribution is 5.74.